The highest BCUT2D eigenvalue weighted by Gasteiger charge is 2.35. The third kappa shape index (κ3) is 14.7. The fraction of sp³-hybridized carbons (Fsp3) is 0.514. The molecule has 2 aromatic rings. The van der Waals surface area contributed by atoms with Crippen molar-refractivity contribution in [1.29, 1.82) is 0 Å². The number of hydrogen-bond donors (Lipinski definition) is 4. The molecule has 0 fully saturated rings. The van der Waals surface area contributed by atoms with Crippen LogP contribution in [0, 0.1) is 11.8 Å². The number of carbonyl (C=O) groups is 5. The van der Waals surface area contributed by atoms with Crippen LogP contribution in [0.1, 0.15) is 96.0 Å². The molecular weight excluding hydrogens is 594 g/mol. The highest BCUT2D eigenvalue weighted by Crippen LogP contribution is 2.24. The van der Waals surface area contributed by atoms with Gasteiger partial charge in [-0.15, -0.1) is 0 Å². The first kappa shape index (κ1) is 37.4. The Morgan fingerprint density at radius 1 is 0.800 bits per heavy atom. The van der Waals surface area contributed by atoms with E-state index < -0.39 is 48.1 Å². The molecule has 1 amide bonds. The standard InChI is InChI=1S/C35H47NO8S/c1-2-3-4-7-10-13-28(37)14-11-8-5-6-9-12-15-29(30(34(41)42)23-32(38)39)33(40)36-31(35(43)44)22-25-16-18-26(19-17-25)27-20-21-45-24-27/h12,15-21,24,29-31H,2-11,13-14,22-23H2,1H3,(H,36,40)(H,38,39)(H,41,42)(H,43,44)/b15-12+/t29-,30+,31-/m0/s1. The van der Waals surface area contributed by atoms with Crippen molar-refractivity contribution in [2.45, 2.75) is 103 Å². The fourth-order valence-corrected chi connectivity index (χ4v) is 5.82. The van der Waals surface area contributed by atoms with Crippen LogP contribution < -0.4 is 5.32 Å². The number of thiophene rings is 1. The first-order chi connectivity index (χ1) is 21.6. The maximum Gasteiger partial charge on any atom is 0.326 e. The first-order valence-corrected chi connectivity index (χ1v) is 16.8. The monoisotopic (exact) mass is 641 g/mol. The predicted octanol–water partition coefficient (Wildman–Crippen LogP) is 7.15. The summed E-state index contributed by atoms with van der Waals surface area (Å²) >= 11 is 1.57. The number of unbranched alkanes of at least 4 members (excludes halogenated alkanes) is 8. The summed E-state index contributed by atoms with van der Waals surface area (Å²) in [5.74, 6) is -7.59. The largest absolute Gasteiger partial charge is 0.481 e. The van der Waals surface area contributed by atoms with Crippen molar-refractivity contribution in [3.63, 3.8) is 0 Å². The number of aliphatic carboxylic acids is 3. The fourth-order valence-electron chi connectivity index (χ4n) is 5.16. The van der Waals surface area contributed by atoms with Crippen molar-refractivity contribution >= 4 is 40.9 Å². The highest BCUT2D eigenvalue weighted by molar-refractivity contribution is 7.08. The summed E-state index contributed by atoms with van der Waals surface area (Å²) in [5, 5.41) is 35.3. The molecule has 0 unspecified atom stereocenters. The molecule has 10 heteroatoms. The van der Waals surface area contributed by atoms with E-state index in [1.807, 2.05) is 29.0 Å². The van der Waals surface area contributed by atoms with E-state index >= 15 is 0 Å². The van der Waals surface area contributed by atoms with Gasteiger partial charge >= 0.3 is 17.9 Å². The molecule has 1 aromatic carbocycles. The quantitative estimate of drug-likeness (QED) is 0.0695. The minimum atomic E-state index is -1.56. The van der Waals surface area contributed by atoms with Crippen LogP contribution in [0.15, 0.2) is 53.2 Å². The lowest BCUT2D eigenvalue weighted by Crippen LogP contribution is -2.47. The number of Topliss-reactive ketones (excluding diaryl/α,β-unsaturated/α-hetero) is 1. The Morgan fingerprint density at radius 2 is 1.44 bits per heavy atom. The average Bonchev–Trinajstić information content (AvgIpc) is 3.54. The van der Waals surface area contributed by atoms with Crippen molar-refractivity contribution in [1.82, 2.24) is 5.32 Å². The average molecular weight is 642 g/mol. The third-order valence-electron chi connectivity index (χ3n) is 7.79. The maximum atomic E-state index is 13.3. The van der Waals surface area contributed by atoms with Gasteiger partial charge in [0.15, 0.2) is 0 Å². The van der Waals surface area contributed by atoms with Gasteiger partial charge in [0.2, 0.25) is 5.91 Å². The lowest BCUT2D eigenvalue weighted by atomic mass is 9.87. The summed E-state index contributed by atoms with van der Waals surface area (Å²) in [5.41, 5.74) is 2.68. The molecule has 45 heavy (non-hydrogen) atoms. The van der Waals surface area contributed by atoms with Gasteiger partial charge < -0.3 is 20.6 Å². The van der Waals surface area contributed by atoms with E-state index in [0.717, 1.165) is 49.7 Å². The maximum absolute atomic E-state index is 13.3. The summed E-state index contributed by atoms with van der Waals surface area (Å²) < 4.78 is 0. The van der Waals surface area contributed by atoms with Crippen LogP contribution in [0.2, 0.25) is 0 Å². The number of ketones is 1. The van der Waals surface area contributed by atoms with Crippen molar-refractivity contribution in [2.75, 3.05) is 0 Å². The SMILES string of the molecule is CCCCCCCC(=O)CCCCCC/C=C/[C@H](C(=O)N[C@@H](Cc1ccc(-c2ccsc2)cc1)C(=O)O)[C@@H](CC(=O)O)C(=O)O. The molecule has 3 atom stereocenters. The zero-order valence-electron chi connectivity index (χ0n) is 26.1. The Hall–Kier alpha value is -3.79. The first-order valence-electron chi connectivity index (χ1n) is 15.9. The number of hydrogen-bond acceptors (Lipinski definition) is 6. The second-order valence-electron chi connectivity index (χ2n) is 11.5. The van der Waals surface area contributed by atoms with Crippen molar-refractivity contribution in [2.24, 2.45) is 11.8 Å². The Labute approximate surface area is 269 Å². The van der Waals surface area contributed by atoms with Crippen LogP contribution in [0.25, 0.3) is 11.1 Å². The number of nitrogens with one attached hydrogen (secondary N) is 1. The van der Waals surface area contributed by atoms with Gasteiger partial charge in [-0.1, -0.05) is 81.9 Å². The van der Waals surface area contributed by atoms with Crippen LogP contribution in [0.5, 0.6) is 0 Å². The zero-order chi connectivity index (χ0) is 33.0. The molecule has 0 radical (unpaired) electrons. The minimum Gasteiger partial charge on any atom is -0.481 e. The zero-order valence-corrected chi connectivity index (χ0v) is 26.9. The molecule has 0 spiro atoms. The van der Waals surface area contributed by atoms with Gasteiger partial charge in [-0.3, -0.25) is 19.2 Å². The molecule has 0 saturated carbocycles. The van der Waals surface area contributed by atoms with Gasteiger partial charge in [0.25, 0.3) is 0 Å². The van der Waals surface area contributed by atoms with Crippen LogP contribution >= 0.6 is 11.3 Å². The van der Waals surface area contributed by atoms with Gasteiger partial charge in [-0.2, -0.15) is 11.3 Å². The number of amides is 1. The molecule has 1 heterocycles. The van der Waals surface area contributed by atoms with Crippen molar-refractivity contribution in [3.8, 4) is 11.1 Å². The minimum absolute atomic E-state index is 0.0283. The van der Waals surface area contributed by atoms with Gasteiger partial charge in [-0.25, -0.2) is 4.79 Å². The van der Waals surface area contributed by atoms with Crippen molar-refractivity contribution in [3.05, 3.63) is 58.8 Å². The molecule has 246 valence electrons. The Kier molecular flexibility index (Phi) is 17.5. The van der Waals surface area contributed by atoms with Gasteiger partial charge in [-0.05, 0) is 59.2 Å². The molecule has 0 aliphatic heterocycles. The van der Waals surface area contributed by atoms with Crippen LogP contribution in [-0.4, -0.2) is 51.0 Å². The van der Waals surface area contributed by atoms with Crippen molar-refractivity contribution < 1.29 is 39.3 Å². The molecule has 2 rings (SSSR count). The van der Waals surface area contributed by atoms with Gasteiger partial charge in [0.05, 0.1) is 18.3 Å². The third-order valence-corrected chi connectivity index (χ3v) is 8.47. The van der Waals surface area contributed by atoms with E-state index in [0.29, 0.717) is 30.6 Å². The van der Waals surface area contributed by atoms with Crippen LogP contribution in [0.4, 0.5) is 0 Å². The summed E-state index contributed by atoms with van der Waals surface area (Å²) in [7, 11) is 0. The summed E-state index contributed by atoms with van der Waals surface area (Å²) in [6, 6.07) is 7.93. The molecule has 4 N–H and O–H groups in total. The molecule has 0 bridgehead atoms. The molecular formula is C35H47NO8S. The number of allylic oxidation sites excluding steroid dienone is 1. The Bertz CT molecular complexity index is 1240. The molecule has 0 aliphatic carbocycles. The van der Waals surface area contributed by atoms with Crippen LogP contribution in [-0.2, 0) is 30.4 Å². The number of carboxylic acids is 3. The second kappa shape index (κ2) is 21.0. The normalized spacial score (nSPS) is 13.3. The Balaban J connectivity index is 1.94. The summed E-state index contributed by atoms with van der Waals surface area (Å²) in [6.45, 7) is 2.16. The molecule has 9 nitrogen and oxygen atoms in total. The number of carbonyl (C=O) groups excluding carboxylic acids is 2. The van der Waals surface area contributed by atoms with Gasteiger partial charge in [0, 0.05) is 19.3 Å². The van der Waals surface area contributed by atoms with E-state index in [9.17, 15) is 39.3 Å². The van der Waals surface area contributed by atoms with E-state index in [1.165, 1.54) is 25.3 Å². The molecule has 0 aliphatic rings. The number of benzene rings is 1. The van der Waals surface area contributed by atoms with E-state index in [4.69, 9.17) is 0 Å². The summed E-state index contributed by atoms with van der Waals surface area (Å²) in [6.07, 6.45) is 12.9. The molecule has 1 aromatic heterocycles. The topological polar surface area (TPSA) is 158 Å². The predicted molar refractivity (Wildman–Crippen MR) is 175 cm³/mol. The summed E-state index contributed by atoms with van der Waals surface area (Å²) in [4.78, 5) is 60.8. The van der Waals surface area contributed by atoms with E-state index in [-0.39, 0.29) is 6.42 Å². The smallest absolute Gasteiger partial charge is 0.326 e. The van der Waals surface area contributed by atoms with Crippen LogP contribution in [0.3, 0.4) is 0 Å². The highest BCUT2D eigenvalue weighted by atomic mass is 32.1. The molecule has 0 saturated heterocycles. The lowest BCUT2D eigenvalue weighted by molar-refractivity contribution is -0.152. The van der Waals surface area contributed by atoms with Gasteiger partial charge in [0.1, 0.15) is 11.8 Å². The Morgan fingerprint density at radius 3 is 2.00 bits per heavy atom. The number of carboxylic acid groups (broad SMARTS) is 3. The van der Waals surface area contributed by atoms with E-state index in [1.54, 1.807) is 29.5 Å². The number of rotatable bonds is 24. The second-order valence-corrected chi connectivity index (χ2v) is 12.2. The lowest BCUT2D eigenvalue weighted by Gasteiger charge is -2.22. The van der Waals surface area contributed by atoms with E-state index in [2.05, 4.69) is 12.2 Å².